The minimum atomic E-state index is -4.81. The fourth-order valence-electron chi connectivity index (χ4n) is 4.13. The number of hydrogen-bond acceptors (Lipinski definition) is 8. The van der Waals surface area contributed by atoms with Crippen LogP contribution in [0.15, 0.2) is 61.2 Å². The van der Waals surface area contributed by atoms with Gasteiger partial charge in [0.05, 0.1) is 37.1 Å². The summed E-state index contributed by atoms with van der Waals surface area (Å²) in [5, 5.41) is 3.15. The highest BCUT2D eigenvalue weighted by molar-refractivity contribution is 5.64. The number of aryl methyl sites for hydroxylation is 1. The van der Waals surface area contributed by atoms with Crippen molar-refractivity contribution in [3.63, 3.8) is 0 Å². The number of fused-ring (bicyclic) bond motifs is 1. The van der Waals surface area contributed by atoms with Crippen LogP contribution < -0.4 is 24.4 Å². The number of anilines is 3. The number of benzene rings is 2. The molecule has 1 N–H and O–H groups in total. The van der Waals surface area contributed by atoms with Gasteiger partial charge in [-0.2, -0.15) is 4.98 Å². The summed E-state index contributed by atoms with van der Waals surface area (Å²) in [6.07, 6.45) is 0.308. The van der Waals surface area contributed by atoms with Gasteiger partial charge in [-0.25, -0.2) is 9.97 Å². The van der Waals surface area contributed by atoms with Gasteiger partial charge in [-0.1, -0.05) is 18.2 Å². The van der Waals surface area contributed by atoms with Crippen LogP contribution in [0, 0.1) is 6.92 Å². The van der Waals surface area contributed by atoms with Crippen LogP contribution in [0.2, 0.25) is 0 Å². The Balaban J connectivity index is 1.40. The first-order chi connectivity index (χ1) is 17.7. The number of methoxy groups -OCH3 is 1. The normalized spacial score (nSPS) is 15.1. The second-order valence-electron chi connectivity index (χ2n) is 8.34. The van der Waals surface area contributed by atoms with Gasteiger partial charge in [-0.15, -0.1) is 13.2 Å². The molecule has 37 heavy (non-hydrogen) atoms. The highest BCUT2D eigenvalue weighted by Crippen LogP contribution is 2.41. The zero-order chi connectivity index (χ0) is 26.2. The number of halogens is 3. The van der Waals surface area contributed by atoms with Crippen molar-refractivity contribution in [2.45, 2.75) is 19.3 Å². The second kappa shape index (κ2) is 9.52. The summed E-state index contributed by atoms with van der Waals surface area (Å²) < 4.78 is 56.3. The lowest BCUT2D eigenvalue weighted by molar-refractivity contribution is -0.275. The topological polar surface area (TPSA) is 86.6 Å². The van der Waals surface area contributed by atoms with E-state index in [2.05, 4.69) is 25.0 Å². The average Bonchev–Trinajstić information content (AvgIpc) is 3.30. The maximum atomic E-state index is 13.0. The minimum absolute atomic E-state index is 0.101. The third kappa shape index (κ3) is 5.08. The van der Waals surface area contributed by atoms with Gasteiger partial charge in [-0.05, 0) is 25.1 Å². The van der Waals surface area contributed by atoms with E-state index in [9.17, 15) is 13.2 Å². The number of rotatable bonds is 6. The zero-order valence-electron chi connectivity index (χ0n) is 20.2. The quantitative estimate of drug-likeness (QED) is 0.378. The molecule has 0 saturated heterocycles. The Morgan fingerprint density at radius 1 is 1.11 bits per heavy atom. The van der Waals surface area contributed by atoms with E-state index in [4.69, 9.17) is 9.47 Å². The fraction of sp³-hybridized carbons (Fsp3) is 0.240. The molecule has 12 heteroatoms. The molecule has 0 radical (unpaired) electrons. The number of hydrogen-bond donors (Lipinski definition) is 1. The van der Waals surface area contributed by atoms with Crippen LogP contribution >= 0.6 is 0 Å². The molecule has 192 valence electrons. The van der Waals surface area contributed by atoms with Crippen molar-refractivity contribution in [3.05, 3.63) is 72.4 Å². The van der Waals surface area contributed by atoms with Gasteiger partial charge in [-0.3, -0.25) is 0 Å². The Morgan fingerprint density at radius 3 is 2.65 bits per heavy atom. The first-order valence-corrected chi connectivity index (χ1v) is 11.2. The molecule has 1 unspecified atom stereocenters. The summed E-state index contributed by atoms with van der Waals surface area (Å²) in [7, 11) is 3.31. The number of imidazole rings is 1. The molecule has 5 rings (SSSR count). The van der Waals surface area contributed by atoms with Crippen LogP contribution in [0.5, 0.6) is 17.2 Å². The van der Waals surface area contributed by atoms with Gasteiger partial charge in [0.2, 0.25) is 5.95 Å². The summed E-state index contributed by atoms with van der Waals surface area (Å²) in [6, 6.07) is 11.0. The number of para-hydroxylation sites is 1. The van der Waals surface area contributed by atoms with Crippen molar-refractivity contribution in [2.24, 2.45) is 0 Å². The van der Waals surface area contributed by atoms with Crippen molar-refractivity contribution >= 4 is 17.5 Å². The molecular weight excluding hydrogens is 489 g/mol. The molecule has 0 fully saturated rings. The van der Waals surface area contributed by atoms with E-state index in [1.807, 2.05) is 29.8 Å². The van der Waals surface area contributed by atoms with E-state index in [1.165, 1.54) is 18.3 Å². The molecule has 1 aliphatic rings. The van der Waals surface area contributed by atoms with E-state index in [1.54, 1.807) is 43.6 Å². The number of nitrogens with one attached hydrogen (secondary N) is 1. The van der Waals surface area contributed by atoms with Crippen LogP contribution in [0.25, 0.3) is 5.69 Å². The van der Waals surface area contributed by atoms with Gasteiger partial charge < -0.3 is 29.0 Å². The molecule has 3 heterocycles. The van der Waals surface area contributed by atoms with Crippen molar-refractivity contribution in [1.29, 1.82) is 0 Å². The largest absolute Gasteiger partial charge is 0.573 e. The molecular formula is C25H23F3N6O3. The minimum Gasteiger partial charge on any atom is -0.494 e. The molecule has 2 aromatic heterocycles. The molecule has 0 amide bonds. The summed E-state index contributed by atoms with van der Waals surface area (Å²) in [6.45, 7) is 2.00. The molecule has 4 aromatic rings. The fourth-order valence-corrected chi connectivity index (χ4v) is 4.13. The van der Waals surface area contributed by atoms with E-state index in [0.717, 1.165) is 11.4 Å². The molecule has 0 saturated carbocycles. The van der Waals surface area contributed by atoms with Gasteiger partial charge in [0.15, 0.2) is 11.6 Å². The van der Waals surface area contributed by atoms with E-state index in [0.29, 0.717) is 28.6 Å². The third-order valence-corrected chi connectivity index (χ3v) is 5.86. The molecule has 1 aliphatic heterocycles. The van der Waals surface area contributed by atoms with Crippen LogP contribution in [-0.2, 0) is 0 Å². The van der Waals surface area contributed by atoms with Crippen LogP contribution in [0.3, 0.4) is 0 Å². The Bertz CT molecular complexity index is 1430. The summed E-state index contributed by atoms with van der Waals surface area (Å²) in [4.78, 5) is 14.9. The molecule has 1 atom stereocenters. The number of alkyl halides is 3. The molecule has 0 bridgehead atoms. The van der Waals surface area contributed by atoms with Crippen molar-refractivity contribution < 1.29 is 27.4 Å². The predicted molar refractivity (Wildman–Crippen MR) is 130 cm³/mol. The van der Waals surface area contributed by atoms with Crippen molar-refractivity contribution in [1.82, 2.24) is 19.5 Å². The maximum absolute atomic E-state index is 13.0. The Kier molecular flexibility index (Phi) is 6.24. The molecule has 2 aromatic carbocycles. The van der Waals surface area contributed by atoms with E-state index < -0.39 is 12.4 Å². The number of aromatic nitrogens is 4. The maximum Gasteiger partial charge on any atom is 0.573 e. The Morgan fingerprint density at radius 2 is 1.92 bits per heavy atom. The lowest BCUT2D eigenvalue weighted by Crippen LogP contribution is -2.35. The molecule has 0 spiro atoms. The zero-order valence-corrected chi connectivity index (χ0v) is 20.2. The number of likely N-dealkylation sites (N-methyl/N-ethyl adjacent to an activating group) is 1. The second-order valence-corrected chi connectivity index (χ2v) is 8.34. The summed E-state index contributed by atoms with van der Waals surface area (Å²) in [5.74, 6) is 1.45. The SMILES string of the molecule is COc1cc(Nc2ncc3c(n2)N(C)C(c2ccccc2OC(F)(F)F)CO3)ccc1-n1cnc(C)c1. The van der Waals surface area contributed by atoms with Gasteiger partial charge in [0.1, 0.15) is 18.1 Å². The first kappa shape index (κ1) is 24.2. The monoisotopic (exact) mass is 512 g/mol. The van der Waals surface area contributed by atoms with Gasteiger partial charge in [0.25, 0.3) is 0 Å². The van der Waals surface area contributed by atoms with Gasteiger partial charge >= 0.3 is 6.36 Å². The van der Waals surface area contributed by atoms with E-state index in [-0.39, 0.29) is 18.3 Å². The van der Waals surface area contributed by atoms with E-state index >= 15 is 0 Å². The standard InChI is InChI=1S/C25H23F3N6O3/c1-15-12-34(14-30-15)18-9-8-16(10-21(18)35-3)31-24-29-11-22-23(32-24)33(2)19(13-36-22)17-6-4-5-7-20(17)37-25(26,27)28/h4-12,14,19H,13H2,1-3H3,(H,29,31,32). The number of ether oxygens (including phenoxy) is 3. The molecule has 0 aliphatic carbocycles. The highest BCUT2D eigenvalue weighted by Gasteiger charge is 2.35. The molecule has 9 nitrogen and oxygen atoms in total. The summed E-state index contributed by atoms with van der Waals surface area (Å²) in [5.41, 5.74) is 2.70. The van der Waals surface area contributed by atoms with Crippen LogP contribution in [0.1, 0.15) is 17.3 Å². The van der Waals surface area contributed by atoms with Crippen molar-refractivity contribution in [2.75, 3.05) is 31.0 Å². The Hall–Kier alpha value is -4.48. The van der Waals surface area contributed by atoms with Crippen molar-refractivity contribution in [3.8, 4) is 22.9 Å². The lowest BCUT2D eigenvalue weighted by Gasteiger charge is -2.35. The predicted octanol–water partition coefficient (Wildman–Crippen LogP) is 5.19. The lowest BCUT2D eigenvalue weighted by atomic mass is 10.0. The summed E-state index contributed by atoms with van der Waals surface area (Å²) >= 11 is 0. The Labute approximate surface area is 210 Å². The van der Waals surface area contributed by atoms with Crippen LogP contribution in [-0.4, -0.2) is 46.6 Å². The number of nitrogens with zero attached hydrogens (tertiary/aromatic N) is 5. The smallest absolute Gasteiger partial charge is 0.494 e. The third-order valence-electron chi connectivity index (χ3n) is 5.86. The van der Waals surface area contributed by atoms with Crippen LogP contribution in [0.4, 0.5) is 30.6 Å². The average molecular weight is 512 g/mol. The first-order valence-electron chi connectivity index (χ1n) is 11.2. The highest BCUT2D eigenvalue weighted by atomic mass is 19.4. The van der Waals surface area contributed by atoms with Gasteiger partial charge in [0, 0.05) is 30.6 Å².